The number of morpholine rings is 1. The number of carbonyl (C=O) groups excluding carboxylic acids is 2. The quantitative estimate of drug-likeness (QED) is 0.610. The minimum absolute atomic E-state index is 0.0236. The SMILES string of the molecule is C/C(=C\CNC(=O)OCC1c2ccccc2-c2ccccc21)C(=O)N1CCOCC1CC(=O)O. The van der Waals surface area contributed by atoms with E-state index in [2.05, 4.69) is 29.6 Å². The Morgan fingerprint density at radius 3 is 2.41 bits per heavy atom. The average Bonchev–Trinajstić information content (AvgIpc) is 3.16. The third-order valence-electron chi connectivity index (χ3n) is 6.23. The minimum Gasteiger partial charge on any atom is -0.481 e. The van der Waals surface area contributed by atoms with Crippen LogP contribution in [0.15, 0.2) is 60.2 Å². The van der Waals surface area contributed by atoms with E-state index < -0.39 is 18.1 Å². The zero-order valence-corrected chi connectivity index (χ0v) is 19.0. The van der Waals surface area contributed by atoms with E-state index >= 15 is 0 Å². The molecule has 0 radical (unpaired) electrons. The van der Waals surface area contributed by atoms with Crippen molar-refractivity contribution in [2.45, 2.75) is 25.3 Å². The number of rotatable bonds is 7. The van der Waals surface area contributed by atoms with Gasteiger partial charge >= 0.3 is 12.1 Å². The molecule has 2 aliphatic rings. The maximum Gasteiger partial charge on any atom is 0.407 e. The summed E-state index contributed by atoms with van der Waals surface area (Å²) in [6.07, 6.45) is 0.877. The van der Waals surface area contributed by atoms with Crippen LogP contribution in [0.2, 0.25) is 0 Å². The fourth-order valence-corrected chi connectivity index (χ4v) is 4.54. The van der Waals surface area contributed by atoms with Gasteiger partial charge in [0.25, 0.3) is 0 Å². The van der Waals surface area contributed by atoms with Crippen molar-refractivity contribution in [1.82, 2.24) is 10.2 Å². The highest BCUT2D eigenvalue weighted by molar-refractivity contribution is 5.93. The van der Waals surface area contributed by atoms with Crippen LogP contribution in [0.3, 0.4) is 0 Å². The number of hydrogen-bond acceptors (Lipinski definition) is 5. The number of aliphatic carboxylic acids is 1. The first-order valence-corrected chi connectivity index (χ1v) is 11.3. The van der Waals surface area contributed by atoms with Crippen LogP contribution in [0.1, 0.15) is 30.4 Å². The number of benzene rings is 2. The molecule has 1 heterocycles. The fraction of sp³-hybridized carbons (Fsp3) is 0.346. The van der Waals surface area contributed by atoms with Crippen LogP contribution < -0.4 is 5.32 Å². The third-order valence-corrected chi connectivity index (χ3v) is 6.23. The van der Waals surface area contributed by atoms with Crippen molar-refractivity contribution in [1.29, 1.82) is 0 Å². The van der Waals surface area contributed by atoms with Gasteiger partial charge in [0.05, 0.1) is 25.7 Å². The molecular weight excluding hydrogens is 436 g/mol. The molecule has 1 fully saturated rings. The predicted molar refractivity (Wildman–Crippen MR) is 125 cm³/mol. The molecule has 1 atom stereocenters. The molecule has 0 aromatic heterocycles. The number of ether oxygens (including phenoxy) is 2. The number of fused-ring (bicyclic) bond motifs is 3. The van der Waals surface area contributed by atoms with Crippen molar-refractivity contribution in [2.75, 3.05) is 32.9 Å². The molecular formula is C26H28N2O6. The molecule has 1 saturated heterocycles. The van der Waals surface area contributed by atoms with Crippen LogP contribution in [0.25, 0.3) is 11.1 Å². The van der Waals surface area contributed by atoms with E-state index in [0.717, 1.165) is 22.3 Å². The highest BCUT2D eigenvalue weighted by Gasteiger charge is 2.30. The van der Waals surface area contributed by atoms with Crippen molar-refractivity contribution in [2.24, 2.45) is 0 Å². The van der Waals surface area contributed by atoms with E-state index in [1.165, 1.54) is 4.90 Å². The van der Waals surface area contributed by atoms with E-state index in [1.807, 2.05) is 24.3 Å². The zero-order valence-electron chi connectivity index (χ0n) is 19.0. The smallest absolute Gasteiger partial charge is 0.407 e. The van der Waals surface area contributed by atoms with Crippen LogP contribution in [0, 0.1) is 0 Å². The van der Waals surface area contributed by atoms with Crippen LogP contribution in [-0.4, -0.2) is 66.9 Å². The lowest BCUT2D eigenvalue weighted by Crippen LogP contribution is -2.49. The molecule has 0 spiro atoms. The second-order valence-corrected chi connectivity index (χ2v) is 8.42. The second-order valence-electron chi connectivity index (χ2n) is 8.42. The van der Waals surface area contributed by atoms with Gasteiger partial charge in [-0.15, -0.1) is 0 Å². The van der Waals surface area contributed by atoms with E-state index in [0.29, 0.717) is 18.7 Å². The number of amides is 2. The Morgan fingerprint density at radius 1 is 1.12 bits per heavy atom. The van der Waals surface area contributed by atoms with Crippen LogP contribution in [-0.2, 0) is 19.1 Å². The van der Waals surface area contributed by atoms with Gasteiger partial charge in [0.15, 0.2) is 0 Å². The molecule has 1 unspecified atom stereocenters. The first-order valence-electron chi connectivity index (χ1n) is 11.3. The maximum absolute atomic E-state index is 12.8. The number of nitrogens with one attached hydrogen (secondary N) is 1. The minimum atomic E-state index is -0.980. The highest BCUT2D eigenvalue weighted by atomic mass is 16.5. The van der Waals surface area contributed by atoms with Gasteiger partial charge in [-0.2, -0.15) is 0 Å². The van der Waals surface area contributed by atoms with Gasteiger partial charge in [-0.25, -0.2) is 4.79 Å². The largest absolute Gasteiger partial charge is 0.481 e. The van der Waals surface area contributed by atoms with Crippen LogP contribution in [0.4, 0.5) is 4.79 Å². The van der Waals surface area contributed by atoms with Gasteiger partial charge in [-0.05, 0) is 29.2 Å². The van der Waals surface area contributed by atoms with Gasteiger partial charge in [0.2, 0.25) is 5.91 Å². The Bertz CT molecular complexity index is 1070. The molecule has 2 amide bonds. The number of carbonyl (C=O) groups is 3. The molecule has 1 aliphatic carbocycles. The molecule has 0 bridgehead atoms. The summed E-state index contributed by atoms with van der Waals surface area (Å²) in [7, 11) is 0. The van der Waals surface area contributed by atoms with Crippen molar-refractivity contribution in [3.63, 3.8) is 0 Å². The van der Waals surface area contributed by atoms with Gasteiger partial charge in [-0.1, -0.05) is 54.6 Å². The molecule has 8 heteroatoms. The normalized spacial score (nSPS) is 17.6. The summed E-state index contributed by atoms with van der Waals surface area (Å²) in [5.74, 6) is -1.26. The monoisotopic (exact) mass is 464 g/mol. The van der Waals surface area contributed by atoms with Gasteiger partial charge in [0.1, 0.15) is 6.61 Å². The van der Waals surface area contributed by atoms with E-state index in [9.17, 15) is 14.4 Å². The Labute approximate surface area is 198 Å². The van der Waals surface area contributed by atoms with Gasteiger partial charge in [0, 0.05) is 24.6 Å². The lowest BCUT2D eigenvalue weighted by molar-refractivity contribution is -0.144. The molecule has 8 nitrogen and oxygen atoms in total. The first kappa shape index (κ1) is 23.5. The first-order chi connectivity index (χ1) is 16.5. The topological polar surface area (TPSA) is 105 Å². The predicted octanol–water partition coefficient (Wildman–Crippen LogP) is 3.17. The number of nitrogens with zero attached hydrogens (tertiary/aromatic N) is 1. The Morgan fingerprint density at radius 2 is 1.76 bits per heavy atom. The molecule has 34 heavy (non-hydrogen) atoms. The molecule has 2 aromatic carbocycles. The van der Waals surface area contributed by atoms with E-state index in [-0.39, 0.29) is 38.0 Å². The summed E-state index contributed by atoms with van der Waals surface area (Å²) < 4.78 is 10.8. The zero-order chi connectivity index (χ0) is 24.1. The van der Waals surface area contributed by atoms with Crippen LogP contribution in [0.5, 0.6) is 0 Å². The number of carboxylic acids is 1. The second kappa shape index (κ2) is 10.5. The average molecular weight is 465 g/mol. The summed E-state index contributed by atoms with van der Waals surface area (Å²) in [6.45, 7) is 2.89. The van der Waals surface area contributed by atoms with Gasteiger partial charge in [-0.3, -0.25) is 9.59 Å². The lowest BCUT2D eigenvalue weighted by Gasteiger charge is -2.35. The standard InChI is InChI=1S/C26H28N2O6/c1-17(25(31)28-12-13-33-15-18(28)14-24(29)30)10-11-27-26(32)34-16-23-21-8-4-2-6-19(21)20-7-3-5-9-22(20)23/h2-10,18,23H,11-16H2,1H3,(H,27,32)(H,29,30)/b17-10+. The van der Waals surface area contributed by atoms with Crippen molar-refractivity contribution >= 4 is 18.0 Å². The molecule has 4 rings (SSSR count). The van der Waals surface area contributed by atoms with Crippen molar-refractivity contribution in [3.8, 4) is 11.1 Å². The number of carboxylic acid groups (broad SMARTS) is 1. The summed E-state index contributed by atoms with van der Waals surface area (Å²) in [6, 6.07) is 15.7. The molecule has 2 N–H and O–H groups in total. The lowest BCUT2D eigenvalue weighted by atomic mass is 9.98. The summed E-state index contributed by atoms with van der Waals surface area (Å²) in [5.41, 5.74) is 5.02. The number of hydrogen-bond donors (Lipinski definition) is 2. The Balaban J connectivity index is 1.30. The summed E-state index contributed by atoms with van der Waals surface area (Å²) in [4.78, 5) is 37.7. The Hall–Kier alpha value is -3.65. The summed E-state index contributed by atoms with van der Waals surface area (Å²) >= 11 is 0. The molecule has 1 aliphatic heterocycles. The maximum atomic E-state index is 12.8. The molecule has 0 saturated carbocycles. The molecule has 2 aromatic rings. The fourth-order valence-electron chi connectivity index (χ4n) is 4.54. The number of alkyl carbamates (subject to hydrolysis) is 1. The molecule has 178 valence electrons. The van der Waals surface area contributed by atoms with Gasteiger partial charge < -0.3 is 24.8 Å². The third kappa shape index (κ3) is 5.12. The van der Waals surface area contributed by atoms with E-state index in [1.54, 1.807) is 13.0 Å². The summed E-state index contributed by atoms with van der Waals surface area (Å²) in [5, 5.41) is 11.7. The van der Waals surface area contributed by atoms with Crippen molar-refractivity contribution in [3.05, 3.63) is 71.3 Å². The Kier molecular flexibility index (Phi) is 7.27. The highest BCUT2D eigenvalue weighted by Crippen LogP contribution is 2.44. The van der Waals surface area contributed by atoms with Crippen molar-refractivity contribution < 1.29 is 29.0 Å². The van der Waals surface area contributed by atoms with E-state index in [4.69, 9.17) is 14.6 Å². The van der Waals surface area contributed by atoms with Crippen LogP contribution >= 0.6 is 0 Å².